The van der Waals surface area contributed by atoms with Crippen molar-refractivity contribution in [2.75, 3.05) is 12.8 Å². The SMILES string of the molecule is CS(=O)(=O)C(CN)Cc1ccccn1. The second kappa shape index (κ2) is 4.52. The van der Waals surface area contributed by atoms with Crippen LogP contribution in [0.25, 0.3) is 0 Å². The molecule has 5 heteroatoms. The van der Waals surface area contributed by atoms with Crippen LogP contribution in [0.2, 0.25) is 0 Å². The highest BCUT2D eigenvalue weighted by Crippen LogP contribution is 2.05. The molecule has 1 unspecified atom stereocenters. The first-order valence-electron chi connectivity index (χ1n) is 4.33. The number of hydrogen-bond donors (Lipinski definition) is 1. The topological polar surface area (TPSA) is 73.0 Å². The molecule has 0 bridgehead atoms. The van der Waals surface area contributed by atoms with Crippen molar-refractivity contribution in [2.45, 2.75) is 11.7 Å². The molecule has 0 saturated carbocycles. The Kier molecular flexibility index (Phi) is 3.60. The molecular weight excluding hydrogens is 200 g/mol. The summed E-state index contributed by atoms with van der Waals surface area (Å²) in [5.41, 5.74) is 6.16. The van der Waals surface area contributed by atoms with Crippen LogP contribution in [0.1, 0.15) is 5.69 Å². The molecule has 0 aromatic carbocycles. The number of hydrogen-bond acceptors (Lipinski definition) is 4. The second-order valence-electron chi connectivity index (χ2n) is 3.21. The van der Waals surface area contributed by atoms with Crippen LogP contribution in [0.4, 0.5) is 0 Å². The zero-order valence-corrected chi connectivity index (χ0v) is 8.87. The molecule has 0 spiro atoms. The summed E-state index contributed by atoms with van der Waals surface area (Å²) >= 11 is 0. The van der Waals surface area contributed by atoms with Crippen molar-refractivity contribution in [3.8, 4) is 0 Å². The predicted molar refractivity (Wildman–Crippen MR) is 55.6 cm³/mol. The average Bonchev–Trinajstić information content (AvgIpc) is 2.14. The van der Waals surface area contributed by atoms with Crippen LogP contribution in [0.15, 0.2) is 24.4 Å². The third-order valence-corrected chi connectivity index (χ3v) is 3.60. The molecule has 1 heterocycles. The van der Waals surface area contributed by atoms with Gasteiger partial charge in [-0.2, -0.15) is 0 Å². The maximum Gasteiger partial charge on any atom is 0.151 e. The van der Waals surface area contributed by atoms with Crippen LogP contribution in [-0.4, -0.2) is 31.5 Å². The molecule has 0 fully saturated rings. The van der Waals surface area contributed by atoms with Crippen molar-refractivity contribution in [3.63, 3.8) is 0 Å². The Morgan fingerprint density at radius 2 is 2.21 bits per heavy atom. The van der Waals surface area contributed by atoms with E-state index in [0.29, 0.717) is 6.42 Å². The summed E-state index contributed by atoms with van der Waals surface area (Å²) in [5.74, 6) is 0. The summed E-state index contributed by atoms with van der Waals surface area (Å²) in [6.45, 7) is 0.134. The van der Waals surface area contributed by atoms with Gasteiger partial charge in [0.05, 0.1) is 5.25 Å². The highest BCUT2D eigenvalue weighted by Gasteiger charge is 2.19. The molecule has 4 nitrogen and oxygen atoms in total. The summed E-state index contributed by atoms with van der Waals surface area (Å²) in [4.78, 5) is 4.06. The molecule has 0 aliphatic rings. The van der Waals surface area contributed by atoms with Crippen molar-refractivity contribution in [3.05, 3.63) is 30.1 Å². The maximum absolute atomic E-state index is 11.3. The van der Waals surface area contributed by atoms with Crippen molar-refractivity contribution < 1.29 is 8.42 Å². The van der Waals surface area contributed by atoms with E-state index in [1.807, 2.05) is 6.07 Å². The lowest BCUT2D eigenvalue weighted by Crippen LogP contribution is -2.31. The van der Waals surface area contributed by atoms with E-state index in [1.54, 1.807) is 18.3 Å². The zero-order chi connectivity index (χ0) is 10.6. The molecule has 0 saturated heterocycles. The minimum Gasteiger partial charge on any atom is -0.329 e. The fourth-order valence-electron chi connectivity index (χ4n) is 1.16. The fraction of sp³-hybridized carbons (Fsp3) is 0.444. The van der Waals surface area contributed by atoms with Gasteiger partial charge in [0.2, 0.25) is 0 Å². The van der Waals surface area contributed by atoms with Gasteiger partial charge in [0.1, 0.15) is 0 Å². The Hall–Kier alpha value is -0.940. The van der Waals surface area contributed by atoms with Crippen LogP contribution in [-0.2, 0) is 16.3 Å². The lowest BCUT2D eigenvalue weighted by molar-refractivity contribution is 0.583. The Bertz CT molecular complexity index is 375. The fourth-order valence-corrected chi connectivity index (χ4v) is 1.98. The Labute approximate surface area is 84.1 Å². The van der Waals surface area contributed by atoms with Crippen LogP contribution < -0.4 is 5.73 Å². The lowest BCUT2D eigenvalue weighted by Gasteiger charge is -2.11. The maximum atomic E-state index is 11.3. The second-order valence-corrected chi connectivity index (χ2v) is 5.54. The van der Waals surface area contributed by atoms with Gasteiger partial charge in [0.15, 0.2) is 9.84 Å². The van der Waals surface area contributed by atoms with Crippen LogP contribution in [0, 0.1) is 0 Å². The van der Waals surface area contributed by atoms with Crippen molar-refractivity contribution in [1.29, 1.82) is 0 Å². The normalized spacial score (nSPS) is 13.9. The van der Waals surface area contributed by atoms with E-state index in [1.165, 1.54) is 6.26 Å². The highest BCUT2D eigenvalue weighted by molar-refractivity contribution is 7.91. The number of nitrogens with two attached hydrogens (primary N) is 1. The van der Waals surface area contributed by atoms with E-state index in [9.17, 15) is 8.42 Å². The highest BCUT2D eigenvalue weighted by atomic mass is 32.2. The van der Waals surface area contributed by atoms with Gasteiger partial charge in [0.25, 0.3) is 0 Å². The molecule has 1 aromatic heterocycles. The molecule has 78 valence electrons. The minimum absolute atomic E-state index is 0.134. The largest absolute Gasteiger partial charge is 0.329 e. The number of nitrogens with zero attached hydrogens (tertiary/aromatic N) is 1. The van der Waals surface area contributed by atoms with Crippen LogP contribution >= 0.6 is 0 Å². The monoisotopic (exact) mass is 214 g/mol. The van der Waals surface area contributed by atoms with Gasteiger partial charge in [-0.15, -0.1) is 0 Å². The molecule has 1 atom stereocenters. The minimum atomic E-state index is -3.08. The Balaban J connectivity index is 2.77. The van der Waals surface area contributed by atoms with E-state index >= 15 is 0 Å². The summed E-state index contributed by atoms with van der Waals surface area (Å²) in [5, 5.41) is -0.530. The molecule has 0 aliphatic carbocycles. The van der Waals surface area contributed by atoms with Crippen LogP contribution in [0.5, 0.6) is 0 Å². The van der Waals surface area contributed by atoms with Crippen molar-refractivity contribution in [1.82, 2.24) is 4.98 Å². The first kappa shape index (κ1) is 11.1. The third-order valence-electron chi connectivity index (χ3n) is 2.03. The van der Waals surface area contributed by atoms with E-state index in [0.717, 1.165) is 5.69 Å². The quantitative estimate of drug-likeness (QED) is 0.765. The van der Waals surface area contributed by atoms with Gasteiger partial charge >= 0.3 is 0 Å². The number of rotatable bonds is 4. The molecule has 0 aliphatic heterocycles. The first-order chi connectivity index (χ1) is 6.54. The molecule has 14 heavy (non-hydrogen) atoms. The van der Waals surface area contributed by atoms with E-state index in [2.05, 4.69) is 4.98 Å². The first-order valence-corrected chi connectivity index (χ1v) is 6.28. The molecule has 0 radical (unpaired) electrons. The van der Waals surface area contributed by atoms with E-state index in [4.69, 9.17) is 5.73 Å². The number of sulfone groups is 1. The standard InChI is InChI=1S/C9H14N2O2S/c1-14(12,13)9(7-10)6-8-4-2-3-5-11-8/h2-5,9H,6-7,10H2,1H3. The van der Waals surface area contributed by atoms with Gasteiger partial charge < -0.3 is 5.73 Å². The summed E-state index contributed by atoms with van der Waals surface area (Å²) in [6, 6.07) is 5.42. The smallest absolute Gasteiger partial charge is 0.151 e. The van der Waals surface area contributed by atoms with Gasteiger partial charge in [-0.3, -0.25) is 4.98 Å². The lowest BCUT2D eigenvalue weighted by atomic mass is 10.2. The van der Waals surface area contributed by atoms with Gasteiger partial charge in [-0.1, -0.05) is 6.07 Å². The number of pyridine rings is 1. The summed E-state index contributed by atoms with van der Waals surface area (Å²) in [7, 11) is -3.08. The Morgan fingerprint density at radius 1 is 1.50 bits per heavy atom. The number of aromatic nitrogens is 1. The van der Waals surface area contributed by atoms with Gasteiger partial charge in [-0.25, -0.2) is 8.42 Å². The molecular formula is C9H14N2O2S. The van der Waals surface area contributed by atoms with Crippen LogP contribution in [0.3, 0.4) is 0 Å². The summed E-state index contributed by atoms with van der Waals surface area (Å²) < 4.78 is 22.5. The van der Waals surface area contributed by atoms with Crippen molar-refractivity contribution in [2.24, 2.45) is 5.73 Å². The summed E-state index contributed by atoms with van der Waals surface area (Å²) in [6.07, 6.45) is 3.23. The van der Waals surface area contributed by atoms with Crippen molar-refractivity contribution >= 4 is 9.84 Å². The average molecular weight is 214 g/mol. The zero-order valence-electron chi connectivity index (χ0n) is 8.05. The van der Waals surface area contributed by atoms with Gasteiger partial charge in [-0.05, 0) is 12.1 Å². The van der Waals surface area contributed by atoms with E-state index < -0.39 is 15.1 Å². The molecule has 1 rings (SSSR count). The molecule has 2 N–H and O–H groups in total. The predicted octanol–water partition coefficient (Wildman–Crippen LogP) is -0.00400. The van der Waals surface area contributed by atoms with Gasteiger partial charge in [0, 0.05) is 31.1 Å². The third kappa shape index (κ3) is 3.08. The van der Waals surface area contributed by atoms with E-state index in [-0.39, 0.29) is 6.54 Å². The molecule has 1 aromatic rings. The Morgan fingerprint density at radius 3 is 2.64 bits per heavy atom. The molecule has 0 amide bonds.